The van der Waals surface area contributed by atoms with Crippen LogP contribution in [0.15, 0.2) is 15.5 Å². The number of aromatic nitrogens is 2. The number of hydrogen-bond acceptors (Lipinski definition) is 3. The van der Waals surface area contributed by atoms with Crippen LogP contribution >= 0.6 is 15.9 Å². The molecule has 0 amide bonds. The van der Waals surface area contributed by atoms with E-state index in [2.05, 4.69) is 32.3 Å². The zero-order valence-corrected chi connectivity index (χ0v) is 11.5. The van der Waals surface area contributed by atoms with Crippen molar-refractivity contribution in [2.45, 2.75) is 32.7 Å². The first kappa shape index (κ1) is 13.8. The minimum absolute atomic E-state index is 0.103. The third-order valence-electron chi connectivity index (χ3n) is 2.23. The Morgan fingerprint density at radius 3 is 3.06 bits per heavy atom. The molecule has 1 aromatic rings. The Labute approximate surface area is 110 Å². The van der Waals surface area contributed by atoms with Gasteiger partial charge in [0, 0.05) is 19.5 Å². The number of nitrogens with zero attached hydrogens (tertiary/aromatic N) is 2. The van der Waals surface area contributed by atoms with E-state index in [0.717, 1.165) is 31.5 Å². The third kappa shape index (κ3) is 3.90. The van der Waals surface area contributed by atoms with Gasteiger partial charge in [0.05, 0.1) is 11.9 Å². The second-order valence-electron chi connectivity index (χ2n) is 3.63. The van der Waals surface area contributed by atoms with Gasteiger partial charge in [-0.1, -0.05) is 6.92 Å². The van der Waals surface area contributed by atoms with Crippen LogP contribution in [-0.4, -0.2) is 16.3 Å². The summed E-state index contributed by atoms with van der Waals surface area (Å²) in [5.41, 5.74) is 0.619. The van der Waals surface area contributed by atoms with Gasteiger partial charge in [0.25, 0.3) is 5.56 Å². The molecule has 0 saturated heterocycles. The van der Waals surface area contributed by atoms with E-state index in [0.29, 0.717) is 11.0 Å². The van der Waals surface area contributed by atoms with Crippen molar-refractivity contribution in [1.29, 1.82) is 0 Å². The Hall–Kier alpha value is -1.28. The zero-order chi connectivity index (χ0) is 12.7. The molecule has 0 saturated carbocycles. The van der Waals surface area contributed by atoms with Crippen molar-refractivity contribution in [3.8, 4) is 12.3 Å². The lowest BCUT2D eigenvalue weighted by atomic mass is 10.3. The molecule has 0 bridgehead atoms. The van der Waals surface area contributed by atoms with E-state index in [-0.39, 0.29) is 5.56 Å². The molecule has 92 valence electrons. The molecule has 1 aromatic heterocycles. The Bertz CT molecular complexity index is 462. The third-order valence-corrected chi connectivity index (χ3v) is 3.00. The molecule has 0 aliphatic carbocycles. The van der Waals surface area contributed by atoms with Crippen LogP contribution in [0.4, 0.5) is 5.69 Å². The average molecular weight is 298 g/mol. The summed E-state index contributed by atoms with van der Waals surface area (Å²) in [7, 11) is 0. The second-order valence-corrected chi connectivity index (χ2v) is 4.43. The van der Waals surface area contributed by atoms with Gasteiger partial charge in [0.2, 0.25) is 0 Å². The highest BCUT2D eigenvalue weighted by Gasteiger charge is 2.07. The molecule has 0 atom stereocenters. The van der Waals surface area contributed by atoms with Crippen LogP contribution in [0.2, 0.25) is 0 Å². The lowest BCUT2D eigenvalue weighted by Crippen LogP contribution is -2.24. The van der Waals surface area contributed by atoms with E-state index in [9.17, 15) is 4.79 Å². The highest BCUT2D eigenvalue weighted by atomic mass is 79.9. The molecular weight excluding hydrogens is 282 g/mol. The van der Waals surface area contributed by atoms with Gasteiger partial charge < -0.3 is 5.32 Å². The highest BCUT2D eigenvalue weighted by molar-refractivity contribution is 9.10. The molecular formula is C12H16BrN3O. The van der Waals surface area contributed by atoms with Crippen LogP contribution in [0.5, 0.6) is 0 Å². The van der Waals surface area contributed by atoms with Crippen molar-refractivity contribution in [1.82, 2.24) is 9.78 Å². The topological polar surface area (TPSA) is 46.9 Å². The number of nitrogens with one attached hydrogen (secondary N) is 1. The maximum Gasteiger partial charge on any atom is 0.283 e. The standard InChI is InChI=1S/C12H16BrN3O/c1-3-5-6-7-14-10-9-15-16(8-4-2)12(17)11(10)13/h1,9,14H,4-8H2,2H3. The maximum atomic E-state index is 11.8. The fourth-order valence-corrected chi connectivity index (χ4v) is 1.82. The van der Waals surface area contributed by atoms with Gasteiger partial charge in [0.15, 0.2) is 0 Å². The first-order valence-corrected chi connectivity index (χ1v) is 6.43. The van der Waals surface area contributed by atoms with Crippen LogP contribution in [0.3, 0.4) is 0 Å². The SMILES string of the molecule is C#CCCCNc1cnn(CCC)c(=O)c1Br. The Morgan fingerprint density at radius 1 is 1.65 bits per heavy atom. The summed E-state index contributed by atoms with van der Waals surface area (Å²) in [5.74, 6) is 2.57. The predicted octanol–water partition coefficient (Wildman–Crippen LogP) is 2.24. The van der Waals surface area contributed by atoms with Gasteiger partial charge in [-0.3, -0.25) is 4.79 Å². The number of terminal acetylenes is 1. The summed E-state index contributed by atoms with van der Waals surface area (Å²) in [5, 5.41) is 7.24. The zero-order valence-electron chi connectivity index (χ0n) is 9.87. The molecule has 4 nitrogen and oxygen atoms in total. The maximum absolute atomic E-state index is 11.8. The number of rotatable bonds is 6. The molecule has 0 fully saturated rings. The summed E-state index contributed by atoms with van der Waals surface area (Å²) < 4.78 is 1.98. The summed E-state index contributed by atoms with van der Waals surface area (Å²) in [6.45, 7) is 3.38. The van der Waals surface area contributed by atoms with Crippen molar-refractivity contribution in [2.75, 3.05) is 11.9 Å². The normalized spacial score (nSPS) is 9.94. The fraction of sp³-hybridized carbons (Fsp3) is 0.500. The number of unbranched alkanes of at least 4 members (excludes halogenated alkanes) is 1. The van der Waals surface area contributed by atoms with E-state index in [1.807, 2.05) is 6.92 Å². The molecule has 1 heterocycles. The van der Waals surface area contributed by atoms with Gasteiger partial charge in [-0.2, -0.15) is 5.10 Å². The fourth-order valence-electron chi connectivity index (χ4n) is 1.37. The van der Waals surface area contributed by atoms with E-state index < -0.39 is 0 Å². The molecule has 17 heavy (non-hydrogen) atoms. The van der Waals surface area contributed by atoms with Gasteiger partial charge in [-0.25, -0.2) is 4.68 Å². The van der Waals surface area contributed by atoms with Crippen molar-refractivity contribution < 1.29 is 0 Å². The average Bonchev–Trinajstić information content (AvgIpc) is 2.33. The van der Waals surface area contributed by atoms with Crippen LogP contribution in [0.25, 0.3) is 0 Å². The number of hydrogen-bond donors (Lipinski definition) is 1. The van der Waals surface area contributed by atoms with Crippen LogP contribution in [0.1, 0.15) is 26.2 Å². The van der Waals surface area contributed by atoms with Crippen molar-refractivity contribution in [2.24, 2.45) is 0 Å². The number of anilines is 1. The lowest BCUT2D eigenvalue weighted by Gasteiger charge is -2.09. The van der Waals surface area contributed by atoms with Crippen LogP contribution in [-0.2, 0) is 6.54 Å². The minimum atomic E-state index is -0.103. The van der Waals surface area contributed by atoms with E-state index in [4.69, 9.17) is 6.42 Å². The van der Waals surface area contributed by atoms with E-state index in [1.165, 1.54) is 4.68 Å². The molecule has 0 spiro atoms. The van der Waals surface area contributed by atoms with Gasteiger partial charge in [-0.15, -0.1) is 12.3 Å². The summed E-state index contributed by atoms with van der Waals surface area (Å²) in [4.78, 5) is 11.8. The Kier molecular flexibility index (Phi) is 5.78. The molecule has 1 rings (SSSR count). The Balaban J connectivity index is 2.72. The van der Waals surface area contributed by atoms with E-state index >= 15 is 0 Å². The number of halogens is 1. The largest absolute Gasteiger partial charge is 0.383 e. The van der Waals surface area contributed by atoms with Crippen molar-refractivity contribution >= 4 is 21.6 Å². The van der Waals surface area contributed by atoms with Gasteiger partial charge in [-0.05, 0) is 28.8 Å². The quantitative estimate of drug-likeness (QED) is 0.647. The highest BCUT2D eigenvalue weighted by Crippen LogP contribution is 2.16. The van der Waals surface area contributed by atoms with Crippen molar-refractivity contribution in [3.05, 3.63) is 21.0 Å². The second kappa shape index (κ2) is 7.13. The predicted molar refractivity (Wildman–Crippen MR) is 73.0 cm³/mol. The summed E-state index contributed by atoms with van der Waals surface area (Å²) in [6, 6.07) is 0. The van der Waals surface area contributed by atoms with Gasteiger partial charge in [0.1, 0.15) is 4.47 Å². The lowest BCUT2D eigenvalue weighted by molar-refractivity contribution is 0.566. The smallest absolute Gasteiger partial charge is 0.283 e. The molecule has 0 aliphatic rings. The molecule has 0 aromatic carbocycles. The first-order valence-electron chi connectivity index (χ1n) is 5.63. The molecule has 1 N–H and O–H groups in total. The van der Waals surface area contributed by atoms with Crippen LogP contribution < -0.4 is 10.9 Å². The summed E-state index contributed by atoms with van der Waals surface area (Å²) in [6.07, 6.45) is 9.31. The van der Waals surface area contributed by atoms with Crippen molar-refractivity contribution in [3.63, 3.8) is 0 Å². The van der Waals surface area contributed by atoms with Crippen LogP contribution in [0, 0.1) is 12.3 Å². The number of aryl methyl sites for hydroxylation is 1. The Morgan fingerprint density at radius 2 is 2.41 bits per heavy atom. The van der Waals surface area contributed by atoms with Gasteiger partial charge >= 0.3 is 0 Å². The molecule has 0 unspecified atom stereocenters. The van der Waals surface area contributed by atoms with E-state index in [1.54, 1.807) is 6.20 Å². The molecule has 5 heteroatoms. The molecule has 0 aliphatic heterocycles. The first-order chi connectivity index (χ1) is 8.20. The summed E-state index contributed by atoms with van der Waals surface area (Å²) >= 11 is 3.29. The molecule has 0 radical (unpaired) electrons. The monoisotopic (exact) mass is 297 g/mol. The minimum Gasteiger partial charge on any atom is -0.383 e.